The molecule has 1 N–H and O–H groups in total. The highest BCUT2D eigenvalue weighted by Gasteiger charge is 2.15. The Hall–Kier alpha value is -2.80. The number of rotatable bonds is 2. The molecule has 0 aromatic carbocycles. The summed E-state index contributed by atoms with van der Waals surface area (Å²) in [7, 11) is 1.84. The standard InChI is InChI=1S/C15H11N5OS/c1-16-10-4-7-18-14-11(10)12-13(22-14)15(21)20(8-19-12)9-2-5-17-6-3-9/h2-8H,1H3,(H,16,18). The molecule has 0 radical (unpaired) electrons. The minimum absolute atomic E-state index is 0.0961. The van der Waals surface area contributed by atoms with Crippen molar-refractivity contribution in [1.29, 1.82) is 0 Å². The Morgan fingerprint density at radius 1 is 1.14 bits per heavy atom. The number of fused-ring (bicyclic) bond motifs is 3. The maximum atomic E-state index is 12.8. The maximum Gasteiger partial charge on any atom is 0.275 e. The molecule has 7 heteroatoms. The zero-order valence-electron chi connectivity index (χ0n) is 11.6. The predicted octanol–water partition coefficient (Wildman–Crippen LogP) is 2.43. The Morgan fingerprint density at radius 2 is 1.95 bits per heavy atom. The van der Waals surface area contributed by atoms with E-state index in [1.807, 2.05) is 13.1 Å². The second-order valence-electron chi connectivity index (χ2n) is 4.69. The monoisotopic (exact) mass is 309 g/mol. The molecule has 108 valence electrons. The summed E-state index contributed by atoms with van der Waals surface area (Å²) in [6.45, 7) is 0. The van der Waals surface area contributed by atoms with Gasteiger partial charge in [-0.1, -0.05) is 0 Å². The molecular weight excluding hydrogens is 298 g/mol. The van der Waals surface area contributed by atoms with Gasteiger partial charge in [0.05, 0.1) is 16.6 Å². The number of thiophene rings is 1. The summed E-state index contributed by atoms with van der Waals surface area (Å²) < 4.78 is 2.13. The fourth-order valence-corrected chi connectivity index (χ4v) is 3.50. The zero-order valence-corrected chi connectivity index (χ0v) is 12.5. The lowest BCUT2D eigenvalue weighted by Gasteiger charge is -2.04. The van der Waals surface area contributed by atoms with Crippen molar-refractivity contribution in [2.75, 3.05) is 12.4 Å². The first kappa shape index (κ1) is 12.9. The number of nitrogens with zero attached hydrogens (tertiary/aromatic N) is 4. The molecule has 4 aromatic heterocycles. The molecule has 0 saturated heterocycles. The number of hydrogen-bond acceptors (Lipinski definition) is 6. The van der Waals surface area contributed by atoms with Gasteiger partial charge in [-0.05, 0) is 18.2 Å². The van der Waals surface area contributed by atoms with Gasteiger partial charge in [0.2, 0.25) is 0 Å². The van der Waals surface area contributed by atoms with Crippen molar-refractivity contribution in [2.45, 2.75) is 0 Å². The van der Waals surface area contributed by atoms with Crippen molar-refractivity contribution in [3.8, 4) is 5.69 Å². The Labute approximate surface area is 129 Å². The second kappa shape index (κ2) is 4.88. The van der Waals surface area contributed by atoms with Gasteiger partial charge in [0, 0.05) is 31.3 Å². The van der Waals surface area contributed by atoms with Crippen LogP contribution < -0.4 is 10.9 Å². The first-order valence-electron chi connectivity index (χ1n) is 6.66. The van der Waals surface area contributed by atoms with Crippen LogP contribution in [0.3, 0.4) is 0 Å². The second-order valence-corrected chi connectivity index (χ2v) is 5.69. The van der Waals surface area contributed by atoms with E-state index in [0.717, 1.165) is 21.6 Å². The lowest BCUT2D eigenvalue weighted by atomic mass is 10.2. The van der Waals surface area contributed by atoms with Gasteiger partial charge in [-0.15, -0.1) is 11.3 Å². The van der Waals surface area contributed by atoms with Crippen molar-refractivity contribution < 1.29 is 0 Å². The largest absolute Gasteiger partial charge is 0.387 e. The van der Waals surface area contributed by atoms with Crippen LogP contribution in [0.1, 0.15) is 0 Å². The highest BCUT2D eigenvalue weighted by molar-refractivity contribution is 7.25. The van der Waals surface area contributed by atoms with Crippen LogP contribution in [0.15, 0.2) is 47.9 Å². The average Bonchev–Trinajstić information content (AvgIpc) is 2.96. The van der Waals surface area contributed by atoms with Crippen LogP contribution in [-0.4, -0.2) is 26.6 Å². The molecule has 0 fully saturated rings. The smallest absolute Gasteiger partial charge is 0.275 e. The number of hydrogen-bond donors (Lipinski definition) is 1. The lowest BCUT2D eigenvalue weighted by molar-refractivity contribution is 0.963. The maximum absolute atomic E-state index is 12.8. The summed E-state index contributed by atoms with van der Waals surface area (Å²) >= 11 is 1.36. The van der Waals surface area contributed by atoms with Crippen LogP contribution in [0.25, 0.3) is 26.1 Å². The molecule has 0 saturated carbocycles. The Balaban J connectivity index is 2.09. The van der Waals surface area contributed by atoms with Gasteiger partial charge in [-0.3, -0.25) is 14.3 Å². The molecule has 4 rings (SSSR count). The molecule has 6 nitrogen and oxygen atoms in total. The van der Waals surface area contributed by atoms with Crippen LogP contribution in [-0.2, 0) is 0 Å². The quantitative estimate of drug-likeness (QED) is 0.615. The molecule has 0 unspecified atom stereocenters. The van der Waals surface area contributed by atoms with Crippen molar-refractivity contribution in [2.24, 2.45) is 0 Å². The third kappa shape index (κ3) is 1.79. The lowest BCUT2D eigenvalue weighted by Crippen LogP contribution is -2.17. The molecule has 4 heterocycles. The van der Waals surface area contributed by atoms with Crippen LogP contribution >= 0.6 is 11.3 Å². The summed E-state index contributed by atoms with van der Waals surface area (Å²) in [5.41, 5.74) is 2.26. The summed E-state index contributed by atoms with van der Waals surface area (Å²) in [5, 5.41) is 4.02. The van der Waals surface area contributed by atoms with Gasteiger partial charge in [-0.25, -0.2) is 9.97 Å². The van der Waals surface area contributed by atoms with E-state index in [2.05, 4.69) is 20.3 Å². The minimum Gasteiger partial charge on any atom is -0.387 e. The van der Waals surface area contributed by atoms with Gasteiger partial charge >= 0.3 is 0 Å². The highest BCUT2D eigenvalue weighted by atomic mass is 32.1. The van der Waals surface area contributed by atoms with Crippen molar-refractivity contribution in [1.82, 2.24) is 19.5 Å². The molecular formula is C15H11N5OS. The summed E-state index contributed by atoms with van der Waals surface area (Å²) in [6, 6.07) is 5.43. The average molecular weight is 309 g/mol. The fourth-order valence-electron chi connectivity index (χ4n) is 2.45. The summed E-state index contributed by atoms with van der Waals surface area (Å²) in [4.78, 5) is 26.4. The van der Waals surface area contributed by atoms with Gasteiger partial charge in [0.1, 0.15) is 15.9 Å². The minimum atomic E-state index is -0.0961. The zero-order chi connectivity index (χ0) is 15.1. The fraction of sp³-hybridized carbons (Fsp3) is 0.0667. The van der Waals surface area contributed by atoms with Gasteiger partial charge in [-0.2, -0.15) is 0 Å². The normalized spacial score (nSPS) is 11.1. The van der Waals surface area contributed by atoms with Gasteiger partial charge < -0.3 is 5.32 Å². The Bertz CT molecular complexity index is 1040. The van der Waals surface area contributed by atoms with E-state index in [1.54, 1.807) is 37.1 Å². The van der Waals surface area contributed by atoms with Crippen molar-refractivity contribution in [3.63, 3.8) is 0 Å². The van der Waals surface area contributed by atoms with Crippen LogP contribution in [0.5, 0.6) is 0 Å². The van der Waals surface area contributed by atoms with Crippen molar-refractivity contribution >= 4 is 37.5 Å². The van der Waals surface area contributed by atoms with Gasteiger partial charge in [0.25, 0.3) is 5.56 Å². The SMILES string of the molecule is CNc1ccnc2sc3c(=O)n(-c4ccncc4)cnc3c12. The number of aromatic nitrogens is 4. The van der Waals surface area contributed by atoms with Gasteiger partial charge in [0.15, 0.2) is 0 Å². The number of anilines is 1. The number of pyridine rings is 2. The van der Waals surface area contributed by atoms with E-state index in [4.69, 9.17) is 0 Å². The molecule has 0 aliphatic carbocycles. The Morgan fingerprint density at radius 3 is 2.73 bits per heavy atom. The highest BCUT2D eigenvalue weighted by Crippen LogP contribution is 2.33. The van der Waals surface area contributed by atoms with Crippen LogP contribution in [0.2, 0.25) is 0 Å². The molecule has 0 bridgehead atoms. The first-order valence-corrected chi connectivity index (χ1v) is 7.48. The van der Waals surface area contributed by atoms with Crippen molar-refractivity contribution in [3.05, 3.63) is 53.5 Å². The molecule has 0 aliphatic rings. The van der Waals surface area contributed by atoms with E-state index in [1.165, 1.54) is 15.9 Å². The van der Waals surface area contributed by atoms with Crippen LogP contribution in [0.4, 0.5) is 5.69 Å². The molecule has 0 aliphatic heterocycles. The molecule has 0 amide bonds. The third-order valence-electron chi connectivity index (χ3n) is 3.49. The van der Waals surface area contributed by atoms with E-state index >= 15 is 0 Å². The van der Waals surface area contributed by atoms with E-state index in [0.29, 0.717) is 10.2 Å². The van der Waals surface area contributed by atoms with E-state index in [9.17, 15) is 4.79 Å². The first-order chi connectivity index (χ1) is 10.8. The van der Waals surface area contributed by atoms with E-state index in [-0.39, 0.29) is 5.56 Å². The van der Waals surface area contributed by atoms with E-state index < -0.39 is 0 Å². The molecule has 22 heavy (non-hydrogen) atoms. The van der Waals surface area contributed by atoms with Crippen LogP contribution in [0, 0.1) is 0 Å². The number of nitrogens with one attached hydrogen (secondary N) is 1. The summed E-state index contributed by atoms with van der Waals surface area (Å²) in [5.74, 6) is 0. The topological polar surface area (TPSA) is 72.7 Å². The Kier molecular flexibility index (Phi) is 2.87. The molecule has 4 aromatic rings. The summed E-state index contributed by atoms with van der Waals surface area (Å²) in [6.07, 6.45) is 6.58. The third-order valence-corrected chi connectivity index (χ3v) is 4.57. The molecule has 0 spiro atoms. The molecule has 0 atom stereocenters. The predicted molar refractivity (Wildman–Crippen MR) is 87.9 cm³/mol.